The van der Waals surface area contributed by atoms with E-state index in [4.69, 9.17) is 19.0 Å². The number of allylic oxidation sites excluding steroid dienone is 1. The van der Waals surface area contributed by atoms with Gasteiger partial charge in [-0.15, -0.1) is 0 Å². The largest absolute Gasteiger partial charge is 0.490 e. The maximum atomic E-state index is 5.95. The summed E-state index contributed by atoms with van der Waals surface area (Å²) in [4.78, 5) is 4.79. The molecule has 0 spiro atoms. The Hall–Kier alpha value is -2.95. The van der Waals surface area contributed by atoms with Crippen LogP contribution in [0.25, 0.3) is 0 Å². The standard InChI is InChI=1S/C24H31NO4/c1-6-7-12-27-23-15-18(2)24(19(3)16-23)29-14-13-28-22-10-8-21(9-11-22)17-20(4)25-26-5/h6-11,15-16H,12-14,17H2,1-5H3/b7-6+,25-20?. The molecule has 0 N–H and O–H groups in total. The minimum absolute atomic E-state index is 0.474. The highest BCUT2D eigenvalue weighted by Gasteiger charge is 2.07. The molecular formula is C24H31NO4. The third-order valence-corrected chi connectivity index (χ3v) is 4.24. The Balaban J connectivity index is 1.82. The van der Waals surface area contributed by atoms with Gasteiger partial charge in [0.05, 0.1) is 5.71 Å². The minimum Gasteiger partial charge on any atom is -0.490 e. The molecule has 0 saturated carbocycles. The molecule has 156 valence electrons. The summed E-state index contributed by atoms with van der Waals surface area (Å²) in [6.45, 7) is 9.49. The molecule has 0 radical (unpaired) electrons. The predicted molar refractivity (Wildman–Crippen MR) is 117 cm³/mol. The molecule has 5 nitrogen and oxygen atoms in total. The summed E-state index contributed by atoms with van der Waals surface area (Å²) < 4.78 is 17.5. The van der Waals surface area contributed by atoms with E-state index in [1.165, 1.54) is 0 Å². The second-order valence-corrected chi connectivity index (χ2v) is 6.79. The van der Waals surface area contributed by atoms with E-state index in [0.717, 1.165) is 46.1 Å². The van der Waals surface area contributed by atoms with Gasteiger partial charge >= 0.3 is 0 Å². The summed E-state index contributed by atoms with van der Waals surface area (Å²) in [5.41, 5.74) is 4.20. The first-order valence-corrected chi connectivity index (χ1v) is 9.79. The zero-order valence-corrected chi connectivity index (χ0v) is 18.0. The van der Waals surface area contributed by atoms with Crippen molar-refractivity contribution in [3.05, 3.63) is 65.2 Å². The second-order valence-electron chi connectivity index (χ2n) is 6.79. The highest BCUT2D eigenvalue weighted by Crippen LogP contribution is 2.28. The molecule has 0 aliphatic heterocycles. The van der Waals surface area contributed by atoms with Gasteiger partial charge in [-0.25, -0.2) is 0 Å². The Morgan fingerprint density at radius 3 is 2.21 bits per heavy atom. The van der Waals surface area contributed by atoms with Crippen LogP contribution in [0.15, 0.2) is 53.7 Å². The van der Waals surface area contributed by atoms with Crippen LogP contribution in [0.1, 0.15) is 30.5 Å². The van der Waals surface area contributed by atoms with Gasteiger partial charge in [-0.3, -0.25) is 0 Å². The van der Waals surface area contributed by atoms with E-state index >= 15 is 0 Å². The third-order valence-electron chi connectivity index (χ3n) is 4.24. The molecule has 0 heterocycles. The van der Waals surface area contributed by atoms with Gasteiger partial charge in [-0.05, 0) is 68.7 Å². The summed E-state index contributed by atoms with van der Waals surface area (Å²) in [6, 6.07) is 12.0. The van der Waals surface area contributed by atoms with Crippen molar-refractivity contribution in [1.29, 1.82) is 0 Å². The fourth-order valence-corrected chi connectivity index (χ4v) is 2.95. The van der Waals surface area contributed by atoms with Crippen molar-refractivity contribution in [3.8, 4) is 17.2 Å². The summed E-state index contributed by atoms with van der Waals surface area (Å²) in [5.74, 6) is 2.56. The van der Waals surface area contributed by atoms with E-state index in [0.29, 0.717) is 19.8 Å². The van der Waals surface area contributed by atoms with Crippen molar-refractivity contribution < 1.29 is 19.0 Å². The van der Waals surface area contributed by atoms with Gasteiger partial charge in [0.2, 0.25) is 0 Å². The molecule has 0 bridgehead atoms. The van der Waals surface area contributed by atoms with Gasteiger partial charge < -0.3 is 19.0 Å². The number of rotatable bonds is 11. The molecule has 0 saturated heterocycles. The quantitative estimate of drug-likeness (QED) is 0.224. The topological polar surface area (TPSA) is 49.3 Å². The van der Waals surface area contributed by atoms with Gasteiger partial charge in [0.25, 0.3) is 0 Å². The Bertz CT molecular complexity index is 802. The monoisotopic (exact) mass is 397 g/mol. The first-order valence-electron chi connectivity index (χ1n) is 9.79. The van der Waals surface area contributed by atoms with Crippen LogP contribution in [0, 0.1) is 13.8 Å². The van der Waals surface area contributed by atoms with Crippen LogP contribution in [-0.4, -0.2) is 32.6 Å². The maximum absolute atomic E-state index is 5.95. The van der Waals surface area contributed by atoms with E-state index in [1.54, 1.807) is 7.11 Å². The van der Waals surface area contributed by atoms with E-state index in [-0.39, 0.29) is 0 Å². The summed E-state index contributed by atoms with van der Waals surface area (Å²) in [5, 5.41) is 3.93. The molecule has 0 aromatic heterocycles. The fourth-order valence-electron chi connectivity index (χ4n) is 2.95. The van der Waals surface area contributed by atoms with E-state index in [2.05, 4.69) is 5.16 Å². The van der Waals surface area contributed by atoms with Crippen LogP contribution in [0.2, 0.25) is 0 Å². The van der Waals surface area contributed by atoms with Crippen molar-refractivity contribution >= 4 is 5.71 Å². The molecule has 0 aliphatic carbocycles. The molecule has 0 fully saturated rings. The van der Waals surface area contributed by atoms with E-state index in [1.807, 2.05) is 76.2 Å². The summed E-state index contributed by atoms with van der Waals surface area (Å²) >= 11 is 0. The van der Waals surface area contributed by atoms with Crippen LogP contribution in [-0.2, 0) is 11.3 Å². The van der Waals surface area contributed by atoms with Crippen molar-refractivity contribution in [2.45, 2.75) is 34.1 Å². The van der Waals surface area contributed by atoms with Gasteiger partial charge in [0, 0.05) is 6.42 Å². The maximum Gasteiger partial charge on any atom is 0.125 e. The molecule has 0 unspecified atom stereocenters. The lowest BCUT2D eigenvalue weighted by atomic mass is 10.1. The van der Waals surface area contributed by atoms with Crippen molar-refractivity contribution in [3.63, 3.8) is 0 Å². The molecule has 29 heavy (non-hydrogen) atoms. The number of nitrogens with zero attached hydrogens (tertiary/aromatic N) is 1. The smallest absolute Gasteiger partial charge is 0.125 e. The molecule has 2 rings (SSSR count). The molecule has 5 heteroatoms. The minimum atomic E-state index is 0.474. The zero-order valence-electron chi connectivity index (χ0n) is 18.0. The van der Waals surface area contributed by atoms with Crippen LogP contribution < -0.4 is 14.2 Å². The van der Waals surface area contributed by atoms with Crippen LogP contribution >= 0.6 is 0 Å². The van der Waals surface area contributed by atoms with Crippen molar-refractivity contribution in [2.24, 2.45) is 5.16 Å². The lowest BCUT2D eigenvalue weighted by molar-refractivity contribution is 0.212. The van der Waals surface area contributed by atoms with E-state index < -0.39 is 0 Å². The lowest BCUT2D eigenvalue weighted by Crippen LogP contribution is -2.10. The Labute approximate surface area is 173 Å². The SMILES string of the molecule is C/C=C/COc1cc(C)c(OCCOc2ccc(CC(C)=NOC)cc2)c(C)c1. The fraction of sp³-hybridized carbons (Fsp3) is 0.375. The first-order chi connectivity index (χ1) is 14.0. The number of hydrogen-bond acceptors (Lipinski definition) is 5. The average Bonchev–Trinajstić information content (AvgIpc) is 2.68. The number of benzene rings is 2. The van der Waals surface area contributed by atoms with Crippen molar-refractivity contribution in [2.75, 3.05) is 26.9 Å². The van der Waals surface area contributed by atoms with E-state index in [9.17, 15) is 0 Å². The first kappa shape index (κ1) is 22.3. The molecular weight excluding hydrogens is 366 g/mol. The van der Waals surface area contributed by atoms with Crippen LogP contribution in [0.4, 0.5) is 0 Å². The lowest BCUT2D eigenvalue weighted by Gasteiger charge is -2.15. The summed E-state index contributed by atoms with van der Waals surface area (Å²) in [6.07, 6.45) is 4.71. The van der Waals surface area contributed by atoms with Crippen molar-refractivity contribution in [1.82, 2.24) is 0 Å². The highest BCUT2D eigenvalue weighted by atomic mass is 16.6. The Kier molecular flexibility index (Phi) is 9.09. The number of oxime groups is 1. The van der Waals surface area contributed by atoms with Gasteiger partial charge in [-0.1, -0.05) is 29.4 Å². The zero-order chi connectivity index (χ0) is 21.1. The summed E-state index contributed by atoms with van der Waals surface area (Å²) in [7, 11) is 1.55. The second kappa shape index (κ2) is 11.8. The molecule has 2 aromatic carbocycles. The number of hydrogen-bond donors (Lipinski definition) is 0. The highest BCUT2D eigenvalue weighted by molar-refractivity contribution is 5.83. The predicted octanol–water partition coefficient (Wildman–Crippen LogP) is 5.28. The molecule has 0 aliphatic rings. The van der Waals surface area contributed by atoms with Crippen LogP contribution in [0.5, 0.6) is 17.2 Å². The number of ether oxygens (including phenoxy) is 3. The van der Waals surface area contributed by atoms with Crippen LogP contribution in [0.3, 0.4) is 0 Å². The molecule has 0 atom stereocenters. The number of aryl methyl sites for hydroxylation is 2. The van der Waals surface area contributed by atoms with Gasteiger partial charge in [0.1, 0.15) is 44.2 Å². The average molecular weight is 398 g/mol. The third kappa shape index (κ3) is 7.53. The van der Waals surface area contributed by atoms with Gasteiger partial charge in [0.15, 0.2) is 0 Å². The Morgan fingerprint density at radius 2 is 1.59 bits per heavy atom. The normalized spacial score (nSPS) is 11.6. The van der Waals surface area contributed by atoms with Gasteiger partial charge in [-0.2, -0.15) is 0 Å². The molecule has 0 amide bonds. The molecule has 2 aromatic rings. The Morgan fingerprint density at radius 1 is 0.931 bits per heavy atom.